The van der Waals surface area contributed by atoms with Crippen LogP contribution in [-0.2, 0) is 9.22 Å². The van der Waals surface area contributed by atoms with Crippen molar-refractivity contribution >= 4 is 20.4 Å². The Labute approximate surface area is 133 Å². The van der Waals surface area contributed by atoms with Crippen molar-refractivity contribution in [2.45, 2.75) is 45.8 Å². The van der Waals surface area contributed by atoms with Gasteiger partial charge in [-0.15, -0.1) is 0 Å². The molecule has 0 radical (unpaired) electrons. The second kappa shape index (κ2) is 6.58. The average molecular weight is 331 g/mol. The molecule has 22 heavy (non-hydrogen) atoms. The molecule has 0 aliphatic carbocycles. The summed E-state index contributed by atoms with van der Waals surface area (Å²) in [6.45, 7) is 13.6. The molecule has 0 aromatic rings. The van der Waals surface area contributed by atoms with Crippen LogP contribution in [-0.4, -0.2) is 55.2 Å². The van der Waals surface area contributed by atoms with Gasteiger partial charge in [0.1, 0.15) is 0 Å². The molecule has 128 valence electrons. The highest BCUT2D eigenvalue weighted by molar-refractivity contribution is 6.74. The van der Waals surface area contributed by atoms with Crippen molar-refractivity contribution in [3.63, 3.8) is 0 Å². The number of carbonyl (C=O) groups is 2. The maximum Gasteiger partial charge on any atom is 0.407 e. The summed E-state index contributed by atoms with van der Waals surface area (Å²) < 4.78 is 6.17. The minimum atomic E-state index is -1.88. The average Bonchev–Trinajstić information content (AvgIpc) is 2.79. The molecule has 0 aromatic heterocycles. The lowest BCUT2D eigenvalue weighted by Crippen LogP contribution is -2.43. The van der Waals surface area contributed by atoms with Crippen LogP contribution in [0.1, 0.15) is 27.7 Å². The Morgan fingerprint density at radius 2 is 1.82 bits per heavy atom. The first-order valence-corrected chi connectivity index (χ1v) is 10.6. The van der Waals surface area contributed by atoms with Crippen molar-refractivity contribution in [3.05, 3.63) is 0 Å². The summed E-state index contributed by atoms with van der Waals surface area (Å²) >= 11 is 0. The van der Waals surface area contributed by atoms with E-state index < -0.39 is 26.3 Å². The summed E-state index contributed by atoms with van der Waals surface area (Å²) in [6.07, 6.45) is -1.05. The molecule has 2 N–H and O–H groups in total. The van der Waals surface area contributed by atoms with E-state index in [1.54, 1.807) is 0 Å². The van der Waals surface area contributed by atoms with Crippen LogP contribution in [0.4, 0.5) is 4.79 Å². The van der Waals surface area contributed by atoms with E-state index in [1.807, 2.05) is 6.92 Å². The molecule has 0 aromatic carbocycles. The molecule has 1 amide bonds. The zero-order valence-electron chi connectivity index (χ0n) is 14.4. The fourth-order valence-corrected chi connectivity index (χ4v) is 3.62. The summed E-state index contributed by atoms with van der Waals surface area (Å²) in [5.41, 5.74) is 0. The van der Waals surface area contributed by atoms with Gasteiger partial charge in [-0.2, -0.15) is 0 Å². The van der Waals surface area contributed by atoms with E-state index in [0.29, 0.717) is 6.61 Å². The molecule has 1 saturated heterocycles. The van der Waals surface area contributed by atoms with Crippen molar-refractivity contribution < 1.29 is 24.2 Å². The molecule has 0 saturated carbocycles. The van der Waals surface area contributed by atoms with Gasteiger partial charge < -0.3 is 19.5 Å². The van der Waals surface area contributed by atoms with E-state index in [1.165, 1.54) is 4.90 Å². The molecule has 0 bridgehead atoms. The van der Waals surface area contributed by atoms with Gasteiger partial charge in [0.25, 0.3) is 0 Å². The Morgan fingerprint density at radius 3 is 2.23 bits per heavy atom. The molecule has 3 unspecified atom stereocenters. The van der Waals surface area contributed by atoms with Crippen LogP contribution in [0.3, 0.4) is 0 Å². The lowest BCUT2D eigenvalue weighted by molar-refractivity contribution is -0.143. The number of carboxylic acid groups (broad SMARTS) is 2. The molecule has 7 heteroatoms. The quantitative estimate of drug-likeness (QED) is 0.756. The summed E-state index contributed by atoms with van der Waals surface area (Å²) in [7, 11) is -1.88. The molecule has 1 fully saturated rings. The second-order valence-corrected chi connectivity index (χ2v) is 12.7. The summed E-state index contributed by atoms with van der Waals surface area (Å²) in [5.74, 6) is -1.75. The minimum Gasteiger partial charge on any atom is -0.481 e. The lowest BCUT2D eigenvalue weighted by Gasteiger charge is -2.37. The first-order chi connectivity index (χ1) is 9.86. The van der Waals surface area contributed by atoms with Crippen LogP contribution >= 0.6 is 0 Å². The third-order valence-corrected chi connectivity index (χ3v) is 9.70. The highest BCUT2D eigenvalue weighted by atomic mass is 28.4. The van der Waals surface area contributed by atoms with Crippen LogP contribution in [0.5, 0.6) is 0 Å². The number of amides is 1. The van der Waals surface area contributed by atoms with E-state index in [4.69, 9.17) is 9.53 Å². The predicted octanol–water partition coefficient (Wildman–Crippen LogP) is 2.95. The Balaban J connectivity index is 2.73. The number of nitrogens with zero attached hydrogens (tertiary/aromatic N) is 1. The predicted molar refractivity (Wildman–Crippen MR) is 86.5 cm³/mol. The van der Waals surface area contributed by atoms with Gasteiger partial charge in [-0.25, -0.2) is 4.79 Å². The van der Waals surface area contributed by atoms with Crippen molar-refractivity contribution in [3.8, 4) is 0 Å². The second-order valence-electron chi connectivity index (χ2n) is 7.84. The number of hydrogen-bond acceptors (Lipinski definition) is 3. The monoisotopic (exact) mass is 331 g/mol. The first kappa shape index (κ1) is 19.0. The topological polar surface area (TPSA) is 87.1 Å². The molecule has 1 rings (SSSR count). The van der Waals surface area contributed by atoms with Crippen molar-refractivity contribution in [1.82, 2.24) is 4.90 Å². The van der Waals surface area contributed by atoms with Crippen molar-refractivity contribution in [1.29, 1.82) is 0 Å². The molecule has 1 aliphatic rings. The largest absolute Gasteiger partial charge is 0.481 e. The maximum atomic E-state index is 11.4. The zero-order chi connectivity index (χ0) is 17.3. The minimum absolute atomic E-state index is 0.0135. The van der Waals surface area contributed by atoms with Crippen molar-refractivity contribution in [2.75, 3.05) is 19.7 Å². The van der Waals surface area contributed by atoms with E-state index in [0.717, 1.165) is 0 Å². The van der Waals surface area contributed by atoms with Crippen LogP contribution in [0.2, 0.25) is 18.1 Å². The van der Waals surface area contributed by atoms with Crippen LogP contribution in [0.15, 0.2) is 0 Å². The van der Waals surface area contributed by atoms with Crippen LogP contribution < -0.4 is 0 Å². The van der Waals surface area contributed by atoms with Gasteiger partial charge in [-0.3, -0.25) is 4.79 Å². The lowest BCUT2D eigenvalue weighted by atomic mass is 9.85. The van der Waals surface area contributed by atoms with Gasteiger partial charge in [0.15, 0.2) is 8.32 Å². The van der Waals surface area contributed by atoms with Gasteiger partial charge >= 0.3 is 12.1 Å². The molecule has 3 atom stereocenters. The van der Waals surface area contributed by atoms with Crippen LogP contribution in [0.25, 0.3) is 0 Å². The summed E-state index contributed by atoms with van der Waals surface area (Å²) in [6, 6.07) is 0. The Hall–Kier alpha value is -1.08. The molecular weight excluding hydrogens is 302 g/mol. The van der Waals surface area contributed by atoms with Gasteiger partial charge in [-0.05, 0) is 30.0 Å². The van der Waals surface area contributed by atoms with E-state index in [-0.39, 0.29) is 30.0 Å². The van der Waals surface area contributed by atoms with Crippen molar-refractivity contribution in [2.24, 2.45) is 17.8 Å². The SMILES string of the molecule is CC(CO[Si](C)(C)C(C)(C)C)C1CN(C(=O)O)CC1C(=O)O. The van der Waals surface area contributed by atoms with Gasteiger partial charge in [0, 0.05) is 19.7 Å². The van der Waals surface area contributed by atoms with E-state index in [2.05, 4.69) is 33.9 Å². The third kappa shape index (κ3) is 4.22. The summed E-state index contributed by atoms with van der Waals surface area (Å²) in [5, 5.41) is 18.5. The molecule has 1 aliphatic heterocycles. The molecule has 0 spiro atoms. The number of hydrogen-bond donors (Lipinski definition) is 2. The summed E-state index contributed by atoms with van der Waals surface area (Å²) in [4.78, 5) is 23.7. The first-order valence-electron chi connectivity index (χ1n) is 7.71. The molecule has 6 nitrogen and oxygen atoms in total. The standard InChI is InChI=1S/C15H29NO5Si/c1-10(9-21-22(5,6)15(2,3)4)11-7-16(14(19)20)8-12(11)13(17)18/h10-12H,7-9H2,1-6H3,(H,17,18)(H,19,20). The third-order valence-electron chi connectivity index (χ3n) is 5.20. The van der Waals surface area contributed by atoms with Gasteiger partial charge in [-0.1, -0.05) is 27.7 Å². The highest BCUT2D eigenvalue weighted by Gasteiger charge is 2.43. The number of aliphatic carboxylic acids is 1. The number of rotatable bonds is 5. The maximum absolute atomic E-state index is 11.4. The molecule has 1 heterocycles. The number of carboxylic acids is 1. The Bertz CT molecular complexity index is 432. The van der Waals surface area contributed by atoms with Crippen LogP contribution in [0, 0.1) is 17.8 Å². The Morgan fingerprint density at radius 1 is 1.27 bits per heavy atom. The van der Waals surface area contributed by atoms with Gasteiger partial charge in [0.2, 0.25) is 0 Å². The van der Waals surface area contributed by atoms with E-state index in [9.17, 15) is 14.7 Å². The highest BCUT2D eigenvalue weighted by Crippen LogP contribution is 2.38. The fraction of sp³-hybridized carbons (Fsp3) is 0.867. The fourth-order valence-electron chi connectivity index (χ4n) is 2.50. The molecular formula is C15H29NO5Si. The smallest absolute Gasteiger partial charge is 0.407 e. The van der Waals surface area contributed by atoms with Gasteiger partial charge in [0.05, 0.1) is 5.92 Å². The van der Waals surface area contributed by atoms with E-state index >= 15 is 0 Å². The normalized spacial score (nSPS) is 24.4. The zero-order valence-corrected chi connectivity index (χ0v) is 15.4. The Kier molecular flexibility index (Phi) is 5.67. The number of likely N-dealkylation sites (tertiary alicyclic amines) is 1.